The first-order valence-electron chi connectivity index (χ1n) is 6.48. The summed E-state index contributed by atoms with van der Waals surface area (Å²) in [7, 11) is 0. The zero-order valence-corrected chi connectivity index (χ0v) is 11.8. The summed E-state index contributed by atoms with van der Waals surface area (Å²) in [6, 6.07) is 5.88. The number of aliphatic imine (C=N–C) groups is 2. The lowest BCUT2D eigenvalue weighted by molar-refractivity contribution is 0.307. The van der Waals surface area contributed by atoms with Crippen molar-refractivity contribution in [1.82, 2.24) is 15.2 Å². The number of hydrogen-bond acceptors (Lipinski definition) is 5. The number of rotatable bonds is 3. The molecule has 1 atom stereocenters. The Bertz CT molecular complexity index is 689. The van der Waals surface area contributed by atoms with Crippen LogP contribution in [0.3, 0.4) is 0 Å². The van der Waals surface area contributed by atoms with Gasteiger partial charge in [0.15, 0.2) is 5.84 Å². The molecule has 3 rings (SSSR count). The summed E-state index contributed by atoms with van der Waals surface area (Å²) >= 11 is 6.01. The van der Waals surface area contributed by atoms with Gasteiger partial charge in [0.05, 0.1) is 11.7 Å². The van der Waals surface area contributed by atoms with Crippen molar-refractivity contribution in [2.75, 3.05) is 0 Å². The average molecular weight is 291 g/mol. The van der Waals surface area contributed by atoms with E-state index >= 15 is 0 Å². The number of nitrogens with one attached hydrogen (secondary N) is 1. The highest BCUT2D eigenvalue weighted by Gasteiger charge is 2.24. The molecular weight excluding hydrogens is 276 g/mol. The van der Waals surface area contributed by atoms with Crippen LogP contribution in [0.2, 0.25) is 0 Å². The predicted molar refractivity (Wildman–Crippen MR) is 80.6 cm³/mol. The molecule has 1 aliphatic heterocycles. The lowest BCUT2D eigenvalue weighted by atomic mass is 10.1. The fraction of sp³-hybridized carbons (Fsp3) is 0.308. The summed E-state index contributed by atoms with van der Waals surface area (Å²) < 4.78 is 0. The van der Waals surface area contributed by atoms with Crippen molar-refractivity contribution in [1.29, 1.82) is 0 Å². The smallest absolute Gasteiger partial charge is 0.221 e. The molecule has 1 aromatic carbocycles. The van der Waals surface area contributed by atoms with Gasteiger partial charge in [0, 0.05) is 10.9 Å². The molecule has 1 aromatic heterocycles. The van der Waals surface area contributed by atoms with Gasteiger partial charge in [-0.1, -0.05) is 25.5 Å². The number of halogens is 1. The van der Waals surface area contributed by atoms with E-state index in [0.29, 0.717) is 5.84 Å². The van der Waals surface area contributed by atoms with Crippen LogP contribution in [0.15, 0.2) is 34.4 Å². The van der Waals surface area contributed by atoms with Gasteiger partial charge in [0.2, 0.25) is 5.29 Å². The Balaban J connectivity index is 2.01. The van der Waals surface area contributed by atoms with Crippen LogP contribution in [0.5, 0.6) is 0 Å². The van der Waals surface area contributed by atoms with E-state index in [1.807, 2.05) is 18.2 Å². The van der Waals surface area contributed by atoms with Crippen LogP contribution in [-0.2, 0) is 0 Å². The Morgan fingerprint density at radius 3 is 3.10 bits per heavy atom. The molecule has 1 unspecified atom stereocenters. The first kappa shape index (κ1) is 13.1. The summed E-state index contributed by atoms with van der Waals surface area (Å²) in [4.78, 5) is 8.51. The summed E-state index contributed by atoms with van der Waals surface area (Å²) in [5.41, 5.74) is 1.82. The number of nitrogens with zero attached hydrogens (tertiary/aromatic N) is 4. The van der Waals surface area contributed by atoms with Crippen LogP contribution in [0.4, 0.5) is 0 Å². The minimum absolute atomic E-state index is 0.169. The standard InChI is InChI=1S/C13H15ClN6/c1-2-3-11-17-13(14)18-12(20(11)15)8-4-5-9-7-16-19-10(9)6-8/h4-7,11H,2-3,15H2,1H3,(H,16,19). The Hall–Kier alpha value is -1.92. The highest BCUT2D eigenvalue weighted by Crippen LogP contribution is 2.19. The van der Waals surface area contributed by atoms with E-state index in [2.05, 4.69) is 27.1 Å². The fourth-order valence-electron chi connectivity index (χ4n) is 2.25. The van der Waals surface area contributed by atoms with Crippen LogP contribution >= 0.6 is 11.6 Å². The van der Waals surface area contributed by atoms with Crippen LogP contribution in [0.1, 0.15) is 25.3 Å². The highest BCUT2D eigenvalue weighted by atomic mass is 35.5. The van der Waals surface area contributed by atoms with Gasteiger partial charge < -0.3 is 0 Å². The van der Waals surface area contributed by atoms with E-state index in [0.717, 1.165) is 29.3 Å². The number of benzene rings is 1. The molecule has 0 fully saturated rings. The molecule has 0 bridgehead atoms. The number of nitrogens with two attached hydrogens (primary N) is 1. The monoisotopic (exact) mass is 290 g/mol. The Labute approximate surface area is 121 Å². The van der Waals surface area contributed by atoms with Gasteiger partial charge in [-0.15, -0.1) is 0 Å². The molecule has 0 saturated carbocycles. The number of hydrogen-bond donors (Lipinski definition) is 2. The number of H-pyrrole nitrogens is 1. The summed E-state index contributed by atoms with van der Waals surface area (Å²) in [5.74, 6) is 6.76. The van der Waals surface area contributed by atoms with E-state index < -0.39 is 0 Å². The minimum Gasteiger partial charge on any atom is -0.278 e. The quantitative estimate of drug-likeness (QED) is 0.671. The molecule has 20 heavy (non-hydrogen) atoms. The first-order chi connectivity index (χ1) is 9.69. The molecule has 104 valence electrons. The molecule has 3 N–H and O–H groups in total. The molecule has 0 saturated heterocycles. The molecule has 2 heterocycles. The fourth-order valence-corrected chi connectivity index (χ4v) is 2.44. The highest BCUT2D eigenvalue weighted by molar-refractivity contribution is 6.66. The van der Waals surface area contributed by atoms with Crippen molar-refractivity contribution < 1.29 is 0 Å². The first-order valence-corrected chi connectivity index (χ1v) is 6.86. The van der Waals surface area contributed by atoms with Crippen LogP contribution in [-0.4, -0.2) is 32.5 Å². The number of aromatic nitrogens is 2. The number of fused-ring (bicyclic) bond motifs is 1. The third kappa shape index (κ3) is 2.28. The average Bonchev–Trinajstić information content (AvgIpc) is 2.90. The van der Waals surface area contributed by atoms with Crippen molar-refractivity contribution in [3.8, 4) is 0 Å². The van der Waals surface area contributed by atoms with Crippen molar-refractivity contribution in [3.63, 3.8) is 0 Å². The van der Waals surface area contributed by atoms with E-state index in [1.165, 1.54) is 0 Å². The summed E-state index contributed by atoms with van der Waals surface area (Å²) in [6.45, 7) is 2.08. The Morgan fingerprint density at radius 1 is 1.45 bits per heavy atom. The molecule has 0 aliphatic carbocycles. The second kappa shape index (κ2) is 5.22. The zero-order valence-electron chi connectivity index (χ0n) is 11.0. The SMILES string of the molecule is CCCC1N=C(Cl)N=C(c2ccc3cn[nH]c3c2)N1N. The molecule has 2 aromatic rings. The predicted octanol–water partition coefficient (Wildman–Crippen LogP) is 2.22. The van der Waals surface area contributed by atoms with Crippen molar-refractivity contribution >= 4 is 33.6 Å². The normalized spacial score (nSPS) is 19.1. The third-order valence-corrected chi connectivity index (χ3v) is 3.45. The molecule has 1 aliphatic rings. The summed E-state index contributed by atoms with van der Waals surface area (Å²) in [6.07, 6.45) is 3.41. The van der Waals surface area contributed by atoms with E-state index in [1.54, 1.807) is 11.2 Å². The summed E-state index contributed by atoms with van der Waals surface area (Å²) in [5, 5.41) is 9.80. The molecule has 6 nitrogen and oxygen atoms in total. The number of aromatic amines is 1. The number of amidine groups is 2. The van der Waals surface area contributed by atoms with Gasteiger partial charge in [0.1, 0.15) is 6.17 Å². The maximum atomic E-state index is 6.13. The lowest BCUT2D eigenvalue weighted by Crippen LogP contribution is -2.47. The molecular formula is C13H15ClN6. The van der Waals surface area contributed by atoms with E-state index in [4.69, 9.17) is 17.4 Å². The minimum atomic E-state index is -0.169. The van der Waals surface area contributed by atoms with E-state index in [9.17, 15) is 0 Å². The van der Waals surface area contributed by atoms with Crippen molar-refractivity contribution in [2.45, 2.75) is 25.9 Å². The van der Waals surface area contributed by atoms with Crippen molar-refractivity contribution in [3.05, 3.63) is 30.0 Å². The maximum absolute atomic E-state index is 6.13. The maximum Gasteiger partial charge on any atom is 0.221 e. The van der Waals surface area contributed by atoms with E-state index in [-0.39, 0.29) is 11.5 Å². The zero-order chi connectivity index (χ0) is 14.1. The van der Waals surface area contributed by atoms with Gasteiger partial charge in [-0.05, 0) is 24.1 Å². The molecule has 7 heteroatoms. The molecule has 0 amide bonds. The van der Waals surface area contributed by atoms with Gasteiger partial charge in [0.25, 0.3) is 0 Å². The lowest BCUT2D eigenvalue weighted by Gasteiger charge is -2.30. The number of hydrazine groups is 1. The largest absolute Gasteiger partial charge is 0.278 e. The van der Waals surface area contributed by atoms with Gasteiger partial charge in [-0.2, -0.15) is 10.1 Å². The van der Waals surface area contributed by atoms with Crippen LogP contribution in [0.25, 0.3) is 10.9 Å². The second-order valence-corrected chi connectivity index (χ2v) is 5.02. The topological polar surface area (TPSA) is 82.7 Å². The Kier molecular flexibility index (Phi) is 3.42. The second-order valence-electron chi connectivity index (χ2n) is 4.68. The molecule has 0 radical (unpaired) electrons. The van der Waals surface area contributed by atoms with Crippen LogP contribution in [0, 0.1) is 0 Å². The van der Waals surface area contributed by atoms with Crippen LogP contribution < -0.4 is 5.84 Å². The van der Waals surface area contributed by atoms with Gasteiger partial charge >= 0.3 is 0 Å². The third-order valence-electron chi connectivity index (χ3n) is 3.27. The van der Waals surface area contributed by atoms with Crippen molar-refractivity contribution in [2.24, 2.45) is 15.8 Å². The van der Waals surface area contributed by atoms with Gasteiger partial charge in [-0.25, -0.2) is 10.8 Å². The van der Waals surface area contributed by atoms with Gasteiger partial charge in [-0.3, -0.25) is 10.1 Å². The molecule has 0 spiro atoms. The Morgan fingerprint density at radius 2 is 2.30 bits per heavy atom.